The molecule has 0 radical (unpaired) electrons. The van der Waals surface area contributed by atoms with Gasteiger partial charge in [-0.25, -0.2) is 4.79 Å². The Morgan fingerprint density at radius 2 is 1.72 bits per heavy atom. The summed E-state index contributed by atoms with van der Waals surface area (Å²) in [5.41, 5.74) is 4.61. The third kappa shape index (κ3) is 4.61. The molecule has 4 rings (SSSR count). The van der Waals surface area contributed by atoms with Crippen LogP contribution in [0.25, 0.3) is 11.1 Å². The van der Waals surface area contributed by atoms with E-state index in [0.717, 1.165) is 22.3 Å². The zero-order valence-corrected chi connectivity index (χ0v) is 18.1. The van der Waals surface area contributed by atoms with Gasteiger partial charge in [-0.05, 0) is 42.0 Å². The lowest BCUT2D eigenvalue weighted by molar-refractivity contribution is -0.145. The first kappa shape index (κ1) is 21.9. The van der Waals surface area contributed by atoms with Crippen LogP contribution in [0.4, 0.5) is 4.79 Å². The summed E-state index contributed by atoms with van der Waals surface area (Å²) >= 11 is 0. The zero-order chi connectivity index (χ0) is 22.7. The van der Waals surface area contributed by atoms with E-state index in [1.807, 2.05) is 24.3 Å². The van der Waals surface area contributed by atoms with Gasteiger partial charge in [-0.15, -0.1) is 0 Å². The Morgan fingerprint density at radius 3 is 2.34 bits per heavy atom. The lowest BCUT2D eigenvalue weighted by Gasteiger charge is -2.31. The number of benzene rings is 2. The van der Waals surface area contributed by atoms with Gasteiger partial charge in [0.05, 0.1) is 5.92 Å². The van der Waals surface area contributed by atoms with Crippen molar-refractivity contribution in [2.24, 2.45) is 5.92 Å². The van der Waals surface area contributed by atoms with Crippen LogP contribution in [0.3, 0.4) is 0 Å². The molecule has 2 aromatic rings. The molecule has 1 fully saturated rings. The number of rotatable bonds is 6. The van der Waals surface area contributed by atoms with Crippen LogP contribution in [-0.4, -0.2) is 53.7 Å². The summed E-state index contributed by atoms with van der Waals surface area (Å²) in [5, 5.41) is 11.9. The van der Waals surface area contributed by atoms with Crippen molar-refractivity contribution in [1.82, 2.24) is 10.2 Å². The normalized spacial score (nSPS) is 18.4. The molecule has 1 unspecified atom stereocenters. The summed E-state index contributed by atoms with van der Waals surface area (Å²) in [6, 6.07) is 15.9. The fourth-order valence-corrected chi connectivity index (χ4v) is 4.69. The molecule has 0 spiro atoms. The summed E-state index contributed by atoms with van der Waals surface area (Å²) in [6.45, 7) is 2.75. The lowest BCUT2D eigenvalue weighted by Crippen LogP contribution is -2.45. The maximum Gasteiger partial charge on any atom is 0.407 e. The Labute approximate surface area is 187 Å². The van der Waals surface area contributed by atoms with Crippen LogP contribution in [0, 0.1) is 5.92 Å². The smallest absolute Gasteiger partial charge is 0.407 e. The van der Waals surface area contributed by atoms with Crippen molar-refractivity contribution in [2.75, 3.05) is 19.7 Å². The number of likely N-dealkylation sites (tertiary alicyclic amines) is 1. The second-order valence-electron chi connectivity index (χ2n) is 8.59. The van der Waals surface area contributed by atoms with Crippen LogP contribution in [0.1, 0.15) is 43.2 Å². The zero-order valence-electron chi connectivity index (χ0n) is 18.1. The Bertz CT molecular complexity index is 975. The van der Waals surface area contributed by atoms with Crippen molar-refractivity contribution in [1.29, 1.82) is 0 Å². The maximum atomic E-state index is 12.5. The summed E-state index contributed by atoms with van der Waals surface area (Å²) in [6.07, 6.45) is 0.814. The van der Waals surface area contributed by atoms with E-state index in [4.69, 9.17) is 4.74 Å². The minimum atomic E-state index is -0.868. The number of carbonyl (C=O) groups excluding carboxylic acids is 2. The molecule has 2 N–H and O–H groups in total. The van der Waals surface area contributed by atoms with E-state index >= 15 is 0 Å². The van der Waals surface area contributed by atoms with Crippen molar-refractivity contribution in [3.05, 3.63) is 59.7 Å². The fourth-order valence-electron chi connectivity index (χ4n) is 4.69. The van der Waals surface area contributed by atoms with E-state index in [-0.39, 0.29) is 31.4 Å². The number of fused-ring (bicyclic) bond motifs is 3. The van der Waals surface area contributed by atoms with Gasteiger partial charge in [-0.2, -0.15) is 0 Å². The number of amides is 2. The molecule has 2 amide bonds. The molecule has 7 heteroatoms. The molecule has 7 nitrogen and oxygen atoms in total. The number of piperidine rings is 1. The number of hydrogen-bond donors (Lipinski definition) is 2. The second kappa shape index (κ2) is 9.42. The highest BCUT2D eigenvalue weighted by atomic mass is 16.5. The summed E-state index contributed by atoms with van der Waals surface area (Å²) in [4.78, 5) is 37.7. The molecule has 32 heavy (non-hydrogen) atoms. The Hall–Kier alpha value is -3.35. The van der Waals surface area contributed by atoms with E-state index < -0.39 is 24.0 Å². The quantitative estimate of drug-likeness (QED) is 0.721. The number of carboxylic acids is 1. The molecule has 1 aliphatic carbocycles. The monoisotopic (exact) mass is 436 g/mol. The van der Waals surface area contributed by atoms with Crippen molar-refractivity contribution in [3.8, 4) is 11.1 Å². The van der Waals surface area contributed by atoms with E-state index in [9.17, 15) is 19.5 Å². The van der Waals surface area contributed by atoms with E-state index in [1.165, 1.54) is 0 Å². The van der Waals surface area contributed by atoms with Crippen molar-refractivity contribution < 1.29 is 24.2 Å². The van der Waals surface area contributed by atoms with Gasteiger partial charge >= 0.3 is 12.1 Å². The van der Waals surface area contributed by atoms with Gasteiger partial charge in [0.1, 0.15) is 6.61 Å². The number of alkyl carbamates (subject to hydrolysis) is 1. The van der Waals surface area contributed by atoms with E-state index in [0.29, 0.717) is 19.4 Å². The first-order chi connectivity index (χ1) is 15.4. The maximum absolute atomic E-state index is 12.5. The number of carbonyl (C=O) groups is 3. The predicted molar refractivity (Wildman–Crippen MR) is 119 cm³/mol. The summed E-state index contributed by atoms with van der Waals surface area (Å²) < 4.78 is 5.53. The molecular weight excluding hydrogens is 408 g/mol. The first-order valence-corrected chi connectivity index (χ1v) is 11.1. The molecule has 1 aliphatic heterocycles. The third-order valence-electron chi connectivity index (χ3n) is 6.31. The SMILES string of the molecule is CC(CC(=O)N1CCC[C@@H](C(=O)O)C1)NC(=O)OCC1c2ccccc2-c2ccccc21. The Morgan fingerprint density at radius 1 is 1.09 bits per heavy atom. The van der Waals surface area contributed by atoms with Gasteiger partial charge in [-0.1, -0.05) is 48.5 Å². The Kier molecular flexibility index (Phi) is 6.44. The highest BCUT2D eigenvalue weighted by molar-refractivity contribution is 5.80. The molecule has 2 atom stereocenters. The molecular formula is C25H28N2O5. The van der Waals surface area contributed by atoms with Gasteiger partial charge in [0.2, 0.25) is 5.91 Å². The molecule has 0 aromatic heterocycles. The van der Waals surface area contributed by atoms with Crippen LogP contribution < -0.4 is 5.32 Å². The highest BCUT2D eigenvalue weighted by Crippen LogP contribution is 2.44. The molecule has 1 saturated heterocycles. The molecule has 168 valence electrons. The van der Waals surface area contributed by atoms with Crippen LogP contribution in [0.5, 0.6) is 0 Å². The lowest BCUT2D eigenvalue weighted by atomic mass is 9.98. The average Bonchev–Trinajstić information content (AvgIpc) is 3.11. The highest BCUT2D eigenvalue weighted by Gasteiger charge is 2.30. The number of nitrogens with one attached hydrogen (secondary N) is 1. The van der Waals surface area contributed by atoms with Gasteiger partial charge < -0.3 is 20.1 Å². The third-order valence-corrected chi connectivity index (χ3v) is 6.31. The van der Waals surface area contributed by atoms with Gasteiger partial charge in [-0.3, -0.25) is 9.59 Å². The topological polar surface area (TPSA) is 95.9 Å². The van der Waals surface area contributed by atoms with Gasteiger partial charge in [0.15, 0.2) is 0 Å². The molecule has 2 aliphatic rings. The standard InChI is InChI=1S/C25H28N2O5/c1-16(13-23(28)27-12-6-7-17(14-27)24(29)30)26-25(31)32-15-22-20-10-4-2-8-18(20)19-9-3-5-11-21(19)22/h2-5,8-11,16-17,22H,6-7,12-15H2,1H3,(H,26,31)(H,29,30)/t16?,17-/m1/s1. The summed E-state index contributed by atoms with van der Waals surface area (Å²) in [5.74, 6) is -1.56. The molecule has 2 aromatic carbocycles. The van der Waals surface area contributed by atoms with E-state index in [1.54, 1.807) is 11.8 Å². The van der Waals surface area contributed by atoms with Crippen LogP contribution in [0.15, 0.2) is 48.5 Å². The fraction of sp³-hybridized carbons (Fsp3) is 0.400. The van der Waals surface area contributed by atoms with Gasteiger partial charge in [0.25, 0.3) is 0 Å². The van der Waals surface area contributed by atoms with Crippen LogP contribution in [-0.2, 0) is 14.3 Å². The minimum absolute atomic E-state index is 0.0219. The van der Waals surface area contributed by atoms with Crippen molar-refractivity contribution in [2.45, 2.75) is 38.1 Å². The predicted octanol–water partition coefficient (Wildman–Crippen LogP) is 3.63. The molecule has 0 saturated carbocycles. The first-order valence-electron chi connectivity index (χ1n) is 11.1. The number of carboxylic acid groups (broad SMARTS) is 1. The number of nitrogens with zero attached hydrogens (tertiary/aromatic N) is 1. The Balaban J connectivity index is 1.30. The average molecular weight is 437 g/mol. The number of hydrogen-bond acceptors (Lipinski definition) is 4. The molecule has 1 heterocycles. The summed E-state index contributed by atoms with van der Waals surface area (Å²) in [7, 11) is 0. The van der Waals surface area contributed by atoms with Crippen LogP contribution in [0.2, 0.25) is 0 Å². The number of ether oxygens (including phenoxy) is 1. The second-order valence-corrected chi connectivity index (χ2v) is 8.59. The van der Waals surface area contributed by atoms with Crippen molar-refractivity contribution >= 4 is 18.0 Å². The number of aliphatic carboxylic acids is 1. The molecule has 0 bridgehead atoms. The largest absolute Gasteiger partial charge is 0.481 e. The van der Waals surface area contributed by atoms with E-state index in [2.05, 4.69) is 29.6 Å². The van der Waals surface area contributed by atoms with Gasteiger partial charge in [0, 0.05) is 31.5 Å². The minimum Gasteiger partial charge on any atom is -0.481 e. The van der Waals surface area contributed by atoms with Crippen LogP contribution >= 0.6 is 0 Å². The van der Waals surface area contributed by atoms with Crippen molar-refractivity contribution in [3.63, 3.8) is 0 Å².